The summed E-state index contributed by atoms with van der Waals surface area (Å²) >= 11 is 19.1. The maximum atomic E-state index is 11.4. The van der Waals surface area contributed by atoms with E-state index < -0.39 is 4.92 Å². The minimum Gasteiger partial charge on any atom is -0.490 e. The van der Waals surface area contributed by atoms with E-state index in [1.165, 1.54) is 7.11 Å². The van der Waals surface area contributed by atoms with Gasteiger partial charge in [-0.2, -0.15) is 0 Å². The average molecular weight is 426 g/mol. The van der Waals surface area contributed by atoms with Crippen LogP contribution in [0.2, 0.25) is 15.1 Å². The van der Waals surface area contributed by atoms with Gasteiger partial charge in [0.1, 0.15) is 0 Å². The smallest absolute Gasteiger partial charge is 0.311 e. The summed E-state index contributed by atoms with van der Waals surface area (Å²) in [6, 6.07) is 6.48. The largest absolute Gasteiger partial charge is 0.490 e. The van der Waals surface area contributed by atoms with Gasteiger partial charge in [-0.25, -0.2) is 0 Å². The Hall–Kier alpha value is -1.95. The zero-order valence-electron chi connectivity index (χ0n) is 14.2. The van der Waals surface area contributed by atoms with Gasteiger partial charge in [-0.3, -0.25) is 10.1 Å². The number of nitro groups is 1. The van der Waals surface area contributed by atoms with Crippen LogP contribution in [0.4, 0.5) is 11.4 Å². The topological polar surface area (TPSA) is 64.4 Å². The summed E-state index contributed by atoms with van der Waals surface area (Å²) in [5.74, 6) is 0.419. The summed E-state index contributed by atoms with van der Waals surface area (Å²) in [5, 5.41) is 16.2. The Kier molecular flexibility index (Phi) is 4.70. The Morgan fingerprint density at radius 3 is 2.70 bits per heavy atom. The molecule has 1 N–H and O–H groups in total. The number of nitrogens with zero attached hydrogens (tertiary/aromatic N) is 1. The van der Waals surface area contributed by atoms with E-state index in [0.29, 0.717) is 15.1 Å². The number of rotatable bonds is 3. The molecule has 0 saturated carbocycles. The lowest BCUT2D eigenvalue weighted by molar-refractivity contribution is -0.385. The molecule has 0 fully saturated rings. The van der Waals surface area contributed by atoms with Crippen LogP contribution in [0.3, 0.4) is 0 Å². The molecule has 1 heterocycles. The molecule has 2 aromatic rings. The molecule has 0 bridgehead atoms. The van der Waals surface area contributed by atoms with Crippen LogP contribution in [0, 0.1) is 16.0 Å². The van der Waals surface area contributed by atoms with E-state index in [2.05, 4.69) is 17.5 Å². The number of hydrogen-bond donors (Lipinski definition) is 1. The molecular formula is C19H15Cl3N2O3. The van der Waals surface area contributed by atoms with E-state index in [9.17, 15) is 10.1 Å². The summed E-state index contributed by atoms with van der Waals surface area (Å²) in [4.78, 5) is 11.0. The van der Waals surface area contributed by atoms with Crippen molar-refractivity contribution in [3.8, 4) is 5.75 Å². The number of nitrogens with one attached hydrogen (secondary N) is 1. The van der Waals surface area contributed by atoms with E-state index in [4.69, 9.17) is 39.5 Å². The summed E-state index contributed by atoms with van der Waals surface area (Å²) in [6.07, 6.45) is 5.03. The van der Waals surface area contributed by atoms with E-state index in [0.717, 1.165) is 23.2 Å². The van der Waals surface area contributed by atoms with Gasteiger partial charge in [0, 0.05) is 17.5 Å². The fourth-order valence-corrected chi connectivity index (χ4v) is 4.84. The molecule has 3 atom stereocenters. The first-order chi connectivity index (χ1) is 12.9. The molecular weight excluding hydrogens is 411 g/mol. The van der Waals surface area contributed by atoms with Crippen LogP contribution in [-0.2, 0) is 0 Å². The van der Waals surface area contributed by atoms with Crippen molar-refractivity contribution in [1.82, 2.24) is 0 Å². The zero-order valence-corrected chi connectivity index (χ0v) is 16.5. The molecule has 0 saturated heterocycles. The van der Waals surface area contributed by atoms with Crippen molar-refractivity contribution >= 4 is 46.2 Å². The number of anilines is 1. The van der Waals surface area contributed by atoms with Gasteiger partial charge in [0.2, 0.25) is 0 Å². The minimum absolute atomic E-state index is 0.0381. The van der Waals surface area contributed by atoms with Gasteiger partial charge in [0.05, 0.1) is 38.8 Å². The Morgan fingerprint density at radius 2 is 2.00 bits per heavy atom. The molecule has 8 heteroatoms. The molecule has 27 heavy (non-hydrogen) atoms. The van der Waals surface area contributed by atoms with Crippen LogP contribution in [0.25, 0.3) is 0 Å². The van der Waals surface area contributed by atoms with E-state index in [-0.39, 0.29) is 29.3 Å². The van der Waals surface area contributed by atoms with Crippen LogP contribution in [0.5, 0.6) is 5.75 Å². The number of fused-ring (bicyclic) bond motifs is 3. The molecule has 140 valence electrons. The van der Waals surface area contributed by atoms with Crippen LogP contribution < -0.4 is 10.1 Å². The Morgan fingerprint density at radius 1 is 1.22 bits per heavy atom. The average Bonchev–Trinajstić information content (AvgIpc) is 3.14. The highest BCUT2D eigenvalue weighted by atomic mass is 35.5. The molecule has 4 rings (SSSR count). The van der Waals surface area contributed by atoms with Crippen LogP contribution in [-0.4, -0.2) is 12.0 Å². The number of methoxy groups -OCH3 is 1. The molecule has 2 aromatic carbocycles. The van der Waals surface area contributed by atoms with Crippen molar-refractivity contribution in [1.29, 1.82) is 0 Å². The van der Waals surface area contributed by atoms with Gasteiger partial charge in [0.15, 0.2) is 5.75 Å². The number of allylic oxidation sites excluding steroid dienone is 2. The number of nitro benzene ring substituents is 1. The second kappa shape index (κ2) is 6.89. The predicted octanol–water partition coefficient (Wildman–Crippen LogP) is 6.39. The van der Waals surface area contributed by atoms with Gasteiger partial charge < -0.3 is 10.1 Å². The van der Waals surface area contributed by atoms with Crippen molar-refractivity contribution in [3.05, 3.63) is 72.7 Å². The second-order valence-corrected chi connectivity index (χ2v) is 7.80. The van der Waals surface area contributed by atoms with Crippen molar-refractivity contribution in [3.63, 3.8) is 0 Å². The van der Waals surface area contributed by atoms with Gasteiger partial charge in [-0.05, 0) is 30.0 Å². The monoisotopic (exact) mass is 424 g/mol. The third kappa shape index (κ3) is 2.94. The first-order valence-electron chi connectivity index (χ1n) is 8.35. The molecule has 0 amide bonds. The molecule has 5 nitrogen and oxygen atoms in total. The quantitative estimate of drug-likeness (QED) is 0.268. The number of halogens is 3. The van der Waals surface area contributed by atoms with Crippen molar-refractivity contribution in [2.75, 3.05) is 12.4 Å². The van der Waals surface area contributed by atoms with Crippen LogP contribution in [0.1, 0.15) is 29.5 Å². The summed E-state index contributed by atoms with van der Waals surface area (Å²) in [7, 11) is 1.42. The lowest BCUT2D eigenvalue weighted by Crippen LogP contribution is -2.29. The van der Waals surface area contributed by atoms with Crippen molar-refractivity contribution in [2.45, 2.75) is 18.4 Å². The van der Waals surface area contributed by atoms with Gasteiger partial charge >= 0.3 is 5.69 Å². The molecule has 0 unspecified atom stereocenters. The minimum atomic E-state index is -0.437. The van der Waals surface area contributed by atoms with Crippen LogP contribution >= 0.6 is 34.8 Å². The third-order valence-corrected chi connectivity index (χ3v) is 6.34. The maximum absolute atomic E-state index is 11.4. The fraction of sp³-hybridized carbons (Fsp3) is 0.263. The van der Waals surface area contributed by atoms with E-state index >= 15 is 0 Å². The van der Waals surface area contributed by atoms with E-state index in [1.807, 2.05) is 6.07 Å². The summed E-state index contributed by atoms with van der Waals surface area (Å²) in [5.41, 5.74) is 2.34. The lowest BCUT2D eigenvalue weighted by Gasteiger charge is -2.38. The second-order valence-electron chi connectivity index (χ2n) is 6.61. The highest BCUT2D eigenvalue weighted by molar-refractivity contribution is 6.44. The molecule has 1 aliphatic carbocycles. The molecule has 0 spiro atoms. The summed E-state index contributed by atoms with van der Waals surface area (Å²) < 4.78 is 5.11. The number of benzene rings is 2. The predicted molar refractivity (Wildman–Crippen MR) is 107 cm³/mol. The standard InChI is InChI=1S/C19H15Cl3N2O3/c1-27-15-6-5-9(7-14(15)24(25)26)18-11-4-2-3-10(11)16-17(22)12(20)8-13(21)19(16)23-18/h2-3,5-8,10-11,18,23H,4H2,1H3/t10-,11+,18+/m1/s1. The van der Waals surface area contributed by atoms with Crippen molar-refractivity contribution in [2.24, 2.45) is 5.92 Å². The number of ether oxygens (including phenoxy) is 1. The molecule has 0 radical (unpaired) electrons. The van der Waals surface area contributed by atoms with Gasteiger partial charge in [0.25, 0.3) is 0 Å². The maximum Gasteiger partial charge on any atom is 0.311 e. The highest BCUT2D eigenvalue weighted by Crippen LogP contribution is 2.55. The van der Waals surface area contributed by atoms with Crippen molar-refractivity contribution < 1.29 is 9.66 Å². The Balaban J connectivity index is 1.84. The molecule has 0 aromatic heterocycles. The first kappa shape index (κ1) is 18.4. The number of hydrogen-bond acceptors (Lipinski definition) is 4. The lowest BCUT2D eigenvalue weighted by atomic mass is 9.77. The van der Waals surface area contributed by atoms with Gasteiger partial charge in [-0.1, -0.05) is 53.0 Å². The fourth-order valence-electron chi connectivity index (χ4n) is 4.04. The normalized spacial score (nSPS) is 22.7. The SMILES string of the molecule is COc1ccc([C@@H]2Nc3c(Cl)cc(Cl)c(Cl)c3[C@@H]3C=CC[C@@H]32)cc1[N+](=O)[O-]. The first-order valence-corrected chi connectivity index (χ1v) is 9.48. The van der Waals surface area contributed by atoms with Crippen LogP contribution in [0.15, 0.2) is 36.4 Å². The molecule has 1 aliphatic heterocycles. The Bertz CT molecular complexity index is 977. The van der Waals surface area contributed by atoms with E-state index in [1.54, 1.807) is 18.2 Å². The molecule has 2 aliphatic rings. The zero-order chi connectivity index (χ0) is 19.3. The van der Waals surface area contributed by atoms with Gasteiger partial charge in [-0.15, -0.1) is 0 Å². The highest BCUT2D eigenvalue weighted by Gasteiger charge is 2.41. The Labute approximate surface area is 171 Å². The third-order valence-electron chi connectivity index (χ3n) is 5.24. The summed E-state index contributed by atoms with van der Waals surface area (Å²) in [6.45, 7) is 0.